The number of anilines is 1. The van der Waals surface area contributed by atoms with Crippen molar-refractivity contribution in [1.82, 2.24) is 9.55 Å². The van der Waals surface area contributed by atoms with Crippen molar-refractivity contribution in [3.8, 4) is 0 Å². The van der Waals surface area contributed by atoms with Gasteiger partial charge in [0.05, 0.1) is 5.39 Å². The van der Waals surface area contributed by atoms with Gasteiger partial charge in [-0.25, -0.2) is 14.2 Å². The highest BCUT2D eigenvalue weighted by Crippen LogP contribution is 2.41. The van der Waals surface area contributed by atoms with Gasteiger partial charge in [0.2, 0.25) is 5.43 Å². The van der Waals surface area contributed by atoms with Crippen molar-refractivity contribution in [3.63, 3.8) is 0 Å². The van der Waals surface area contributed by atoms with E-state index in [2.05, 4.69) is 4.98 Å². The fraction of sp³-hybridized carbons (Fsp3) is 0.526. The second-order valence-corrected chi connectivity index (χ2v) is 8.61. The molecule has 2 aromatic rings. The monoisotopic (exact) mass is 374 g/mol. The highest BCUT2D eigenvalue weighted by Gasteiger charge is 2.46. The van der Waals surface area contributed by atoms with Crippen molar-refractivity contribution < 1.29 is 14.3 Å². The molecule has 4 rings (SSSR count). The lowest BCUT2D eigenvalue weighted by atomic mass is 9.72. The number of carboxylic acids is 1. The Hall–Kier alpha value is -2.48. The molecule has 3 N–H and O–H groups in total. The first kappa shape index (κ1) is 17.9. The van der Waals surface area contributed by atoms with Crippen LogP contribution in [-0.2, 0) is 5.54 Å². The van der Waals surface area contributed by atoms with Crippen LogP contribution >= 0.6 is 0 Å². The molecule has 1 saturated carbocycles. The first-order valence-corrected chi connectivity index (χ1v) is 9.08. The molecule has 0 aromatic carbocycles. The third-order valence-electron chi connectivity index (χ3n) is 5.78. The van der Waals surface area contributed by atoms with E-state index in [4.69, 9.17) is 5.73 Å². The summed E-state index contributed by atoms with van der Waals surface area (Å²) in [5.74, 6) is -0.950. The zero-order chi connectivity index (χ0) is 19.7. The molecular weight excluding hydrogens is 351 g/mol. The Morgan fingerprint density at radius 2 is 2.07 bits per heavy atom. The van der Waals surface area contributed by atoms with Crippen molar-refractivity contribution in [2.75, 3.05) is 18.0 Å². The number of carbonyl (C=O) groups is 1. The number of hydrogen-bond donors (Lipinski definition) is 2. The number of aromatic carboxylic acids is 1. The lowest BCUT2D eigenvalue weighted by Crippen LogP contribution is -2.46. The summed E-state index contributed by atoms with van der Waals surface area (Å²) in [6, 6.07) is 1.27. The molecule has 2 fully saturated rings. The third-order valence-corrected chi connectivity index (χ3v) is 5.78. The van der Waals surface area contributed by atoms with Crippen LogP contribution in [0.15, 0.2) is 17.1 Å². The van der Waals surface area contributed by atoms with Crippen molar-refractivity contribution in [2.45, 2.75) is 38.8 Å². The molecule has 144 valence electrons. The number of nitrogens with zero attached hydrogens (tertiary/aromatic N) is 3. The first-order chi connectivity index (χ1) is 12.6. The second kappa shape index (κ2) is 5.76. The summed E-state index contributed by atoms with van der Waals surface area (Å²) in [6.45, 7) is 6.97. The maximum atomic E-state index is 14.9. The molecule has 3 atom stereocenters. The molecule has 0 bridgehead atoms. The van der Waals surface area contributed by atoms with Gasteiger partial charge in [-0.15, -0.1) is 0 Å². The molecule has 8 heteroatoms. The normalized spacial score (nSPS) is 24.8. The van der Waals surface area contributed by atoms with Crippen LogP contribution in [0.25, 0.3) is 11.0 Å². The third kappa shape index (κ3) is 2.70. The zero-order valence-corrected chi connectivity index (χ0v) is 15.6. The van der Waals surface area contributed by atoms with E-state index in [-0.39, 0.29) is 22.9 Å². The van der Waals surface area contributed by atoms with Gasteiger partial charge in [0.15, 0.2) is 11.6 Å². The van der Waals surface area contributed by atoms with Gasteiger partial charge in [-0.3, -0.25) is 4.79 Å². The lowest BCUT2D eigenvalue weighted by molar-refractivity contribution is 0.0694. The molecule has 0 unspecified atom stereocenters. The molecule has 1 aliphatic heterocycles. The minimum Gasteiger partial charge on any atom is -0.477 e. The van der Waals surface area contributed by atoms with Gasteiger partial charge in [-0.1, -0.05) is 0 Å². The number of carboxylic acid groups (broad SMARTS) is 1. The molecule has 0 spiro atoms. The number of fused-ring (bicyclic) bond motifs is 2. The van der Waals surface area contributed by atoms with Gasteiger partial charge in [0.1, 0.15) is 11.2 Å². The minimum absolute atomic E-state index is 0.0232. The van der Waals surface area contributed by atoms with Gasteiger partial charge in [0, 0.05) is 30.9 Å². The van der Waals surface area contributed by atoms with Crippen molar-refractivity contribution in [3.05, 3.63) is 33.9 Å². The number of rotatable bonds is 2. The number of nitrogens with two attached hydrogens (primary N) is 1. The summed E-state index contributed by atoms with van der Waals surface area (Å²) in [4.78, 5) is 30.4. The van der Waals surface area contributed by atoms with Crippen LogP contribution in [-0.4, -0.2) is 39.8 Å². The largest absolute Gasteiger partial charge is 0.477 e. The Morgan fingerprint density at radius 3 is 2.63 bits per heavy atom. The molecule has 3 heterocycles. The topological polar surface area (TPSA) is 101 Å². The number of pyridine rings is 2. The molecule has 1 aliphatic carbocycles. The Kier molecular flexibility index (Phi) is 3.82. The number of hydrogen-bond acceptors (Lipinski definition) is 5. The number of aromatic nitrogens is 2. The van der Waals surface area contributed by atoms with Gasteiger partial charge < -0.3 is 20.3 Å². The van der Waals surface area contributed by atoms with E-state index in [1.807, 2.05) is 25.7 Å². The summed E-state index contributed by atoms with van der Waals surface area (Å²) in [6.07, 6.45) is 2.23. The fourth-order valence-corrected chi connectivity index (χ4v) is 4.23. The van der Waals surface area contributed by atoms with E-state index in [9.17, 15) is 19.1 Å². The quantitative estimate of drug-likeness (QED) is 0.831. The van der Waals surface area contributed by atoms with E-state index in [1.54, 1.807) is 4.57 Å². The molecule has 27 heavy (non-hydrogen) atoms. The predicted octanol–water partition coefficient (Wildman–Crippen LogP) is 1.77. The molecular formula is C19H23FN4O3. The number of halogens is 1. The average Bonchev–Trinajstić information content (AvgIpc) is 2.90. The molecule has 0 amide bonds. The summed E-state index contributed by atoms with van der Waals surface area (Å²) >= 11 is 0. The Bertz CT molecular complexity index is 1010. The van der Waals surface area contributed by atoms with E-state index < -0.39 is 28.3 Å². The van der Waals surface area contributed by atoms with Crippen molar-refractivity contribution >= 4 is 22.8 Å². The maximum absolute atomic E-state index is 14.9. The highest BCUT2D eigenvalue weighted by molar-refractivity contribution is 5.92. The van der Waals surface area contributed by atoms with E-state index >= 15 is 0 Å². The van der Waals surface area contributed by atoms with Crippen LogP contribution in [0, 0.1) is 17.7 Å². The van der Waals surface area contributed by atoms with E-state index in [1.165, 1.54) is 6.20 Å². The van der Waals surface area contributed by atoms with E-state index in [0.717, 1.165) is 12.5 Å². The minimum atomic E-state index is -1.34. The molecule has 2 aliphatic rings. The van der Waals surface area contributed by atoms with Crippen LogP contribution in [0.2, 0.25) is 0 Å². The Morgan fingerprint density at radius 1 is 1.37 bits per heavy atom. The van der Waals surface area contributed by atoms with E-state index in [0.29, 0.717) is 24.9 Å². The van der Waals surface area contributed by atoms with Crippen molar-refractivity contribution in [1.29, 1.82) is 0 Å². The maximum Gasteiger partial charge on any atom is 0.341 e. The van der Waals surface area contributed by atoms with Crippen LogP contribution in [0.3, 0.4) is 0 Å². The van der Waals surface area contributed by atoms with Crippen LogP contribution in [0.1, 0.15) is 37.6 Å². The summed E-state index contributed by atoms with van der Waals surface area (Å²) < 4.78 is 16.5. The Balaban J connectivity index is 1.92. The van der Waals surface area contributed by atoms with Crippen LogP contribution in [0.5, 0.6) is 0 Å². The summed E-state index contributed by atoms with van der Waals surface area (Å²) in [5.41, 5.74) is 4.67. The Labute approximate surface area is 155 Å². The van der Waals surface area contributed by atoms with Crippen LogP contribution < -0.4 is 16.1 Å². The lowest BCUT2D eigenvalue weighted by Gasteiger charge is -2.36. The predicted molar refractivity (Wildman–Crippen MR) is 99.7 cm³/mol. The average molecular weight is 374 g/mol. The summed E-state index contributed by atoms with van der Waals surface area (Å²) in [7, 11) is 0. The molecule has 2 aromatic heterocycles. The van der Waals surface area contributed by atoms with Crippen molar-refractivity contribution in [2.24, 2.45) is 17.6 Å². The first-order valence-electron chi connectivity index (χ1n) is 9.08. The van der Waals surface area contributed by atoms with Gasteiger partial charge in [-0.05, 0) is 45.1 Å². The van der Waals surface area contributed by atoms with Gasteiger partial charge >= 0.3 is 5.97 Å². The van der Waals surface area contributed by atoms with Gasteiger partial charge in [0.25, 0.3) is 0 Å². The zero-order valence-electron chi connectivity index (χ0n) is 15.6. The summed E-state index contributed by atoms with van der Waals surface area (Å²) in [5, 5.41) is 9.33. The molecule has 0 radical (unpaired) electrons. The SMILES string of the molecule is CC(C)(C)n1cc(C(=O)O)c(=O)c2cc(F)c(N3C[C@@H]4C[C@H](N)[C@@H]4C3)nc21. The molecule has 7 nitrogen and oxygen atoms in total. The smallest absolute Gasteiger partial charge is 0.341 e. The molecule has 1 saturated heterocycles. The fourth-order valence-electron chi connectivity index (χ4n) is 4.23. The highest BCUT2D eigenvalue weighted by atomic mass is 19.1. The standard InChI is InChI=1S/C19H23FN4O3/c1-19(2,3)24-8-12(18(26)27)15(25)10-5-13(20)17(22-16(10)24)23-6-9-4-14(21)11(9)7-23/h5,8-9,11,14H,4,6-7,21H2,1-3H3,(H,26,27)/t9-,11+,14-/m0/s1. The van der Waals surface area contributed by atoms with Crippen LogP contribution in [0.4, 0.5) is 10.2 Å². The second-order valence-electron chi connectivity index (χ2n) is 8.61. The van der Waals surface area contributed by atoms with Gasteiger partial charge in [-0.2, -0.15) is 0 Å².